The Labute approximate surface area is 98.6 Å². The predicted octanol–water partition coefficient (Wildman–Crippen LogP) is 2.68. The summed E-state index contributed by atoms with van der Waals surface area (Å²) in [5.74, 6) is 0.113. The number of halogens is 1. The molecule has 1 aliphatic carbocycles. The Balaban J connectivity index is 2.32. The van der Waals surface area contributed by atoms with E-state index in [4.69, 9.17) is 11.6 Å². The quantitative estimate of drug-likeness (QED) is 0.828. The molecule has 0 aliphatic heterocycles. The van der Waals surface area contributed by atoms with Crippen LogP contribution < -0.4 is 5.32 Å². The lowest BCUT2D eigenvalue weighted by atomic mass is 9.99. The fourth-order valence-corrected chi connectivity index (χ4v) is 3.65. The molecule has 0 bridgehead atoms. The van der Waals surface area contributed by atoms with Crippen molar-refractivity contribution in [1.82, 2.24) is 5.32 Å². The van der Waals surface area contributed by atoms with Gasteiger partial charge >= 0.3 is 0 Å². The highest BCUT2D eigenvalue weighted by Gasteiger charge is 2.22. The molecule has 0 saturated heterocycles. The molecule has 0 saturated carbocycles. The lowest BCUT2D eigenvalue weighted by Gasteiger charge is -2.09. The first-order valence-electron chi connectivity index (χ1n) is 5.22. The van der Waals surface area contributed by atoms with Gasteiger partial charge in [0.1, 0.15) is 0 Å². The van der Waals surface area contributed by atoms with Gasteiger partial charge in [-0.2, -0.15) is 0 Å². The number of hydrogen-bond acceptors (Lipinski definition) is 3. The lowest BCUT2D eigenvalue weighted by Crippen LogP contribution is -2.17. The Morgan fingerprint density at radius 2 is 2.20 bits per heavy atom. The van der Waals surface area contributed by atoms with Crippen molar-refractivity contribution < 1.29 is 4.79 Å². The summed E-state index contributed by atoms with van der Waals surface area (Å²) in [6, 6.07) is 0. The molecular weight excluding hydrogens is 230 g/mol. The first kappa shape index (κ1) is 11.1. The van der Waals surface area contributed by atoms with Crippen LogP contribution in [-0.2, 0) is 12.8 Å². The van der Waals surface area contributed by atoms with E-state index in [0.717, 1.165) is 22.7 Å². The number of carbonyl (C=O) groups excluding carboxylic acids is 1. The molecule has 2 rings (SSSR count). The second-order valence-electron chi connectivity index (χ2n) is 3.81. The highest BCUT2D eigenvalue weighted by molar-refractivity contribution is 7.15. The number of aryl methyl sites for hydroxylation is 1. The molecule has 1 aliphatic rings. The fourth-order valence-electron chi connectivity index (χ4n) is 1.95. The minimum Gasteiger partial charge on any atom is -0.313 e. The average Bonchev–Trinajstić information content (AvgIpc) is 2.57. The summed E-state index contributed by atoms with van der Waals surface area (Å²) >= 11 is 7.82. The smallest absolute Gasteiger partial charge is 0.188 e. The molecular formula is C11H14ClNOS. The van der Waals surface area contributed by atoms with Crippen LogP contribution in [0, 0.1) is 0 Å². The largest absolute Gasteiger partial charge is 0.313 e. The number of likely N-dealkylation sites (N-methyl/N-ethyl adjacent to an activating group) is 1. The van der Waals surface area contributed by atoms with Crippen molar-refractivity contribution in [1.29, 1.82) is 0 Å². The van der Waals surface area contributed by atoms with Crippen LogP contribution in [-0.4, -0.2) is 19.4 Å². The monoisotopic (exact) mass is 243 g/mol. The molecule has 0 radical (unpaired) electrons. The zero-order valence-electron chi connectivity index (χ0n) is 8.73. The molecule has 0 spiro atoms. The SMILES string of the molecule is CNCC(=O)c1sc2c(c1Cl)CCCC2. The first-order chi connectivity index (χ1) is 7.24. The zero-order chi connectivity index (χ0) is 10.8. The van der Waals surface area contributed by atoms with Crippen molar-refractivity contribution in [2.24, 2.45) is 0 Å². The van der Waals surface area contributed by atoms with E-state index < -0.39 is 0 Å². The van der Waals surface area contributed by atoms with Crippen molar-refractivity contribution in [3.63, 3.8) is 0 Å². The molecule has 0 amide bonds. The molecule has 1 N–H and O–H groups in total. The molecule has 2 nitrogen and oxygen atoms in total. The van der Waals surface area contributed by atoms with E-state index in [-0.39, 0.29) is 5.78 Å². The predicted molar refractivity (Wildman–Crippen MR) is 64.2 cm³/mol. The second-order valence-corrected chi connectivity index (χ2v) is 5.29. The van der Waals surface area contributed by atoms with Gasteiger partial charge in [0.15, 0.2) is 5.78 Å². The van der Waals surface area contributed by atoms with E-state index in [1.165, 1.54) is 23.3 Å². The minimum absolute atomic E-state index is 0.113. The third-order valence-electron chi connectivity index (χ3n) is 2.70. The summed E-state index contributed by atoms with van der Waals surface area (Å²) in [6.45, 7) is 0.374. The summed E-state index contributed by atoms with van der Waals surface area (Å²) in [4.78, 5) is 13.8. The standard InChI is InChI=1S/C11H14ClNOS/c1-13-6-8(14)11-10(12)7-4-2-3-5-9(7)15-11/h13H,2-6H2,1H3. The van der Waals surface area contributed by atoms with Crippen LogP contribution in [0.1, 0.15) is 33.0 Å². The molecule has 15 heavy (non-hydrogen) atoms. The summed E-state index contributed by atoms with van der Waals surface area (Å²) in [5.41, 5.74) is 1.23. The summed E-state index contributed by atoms with van der Waals surface area (Å²) in [7, 11) is 1.78. The Kier molecular flexibility index (Phi) is 3.44. The van der Waals surface area contributed by atoms with Gasteiger partial charge in [0, 0.05) is 4.88 Å². The fraction of sp³-hybridized carbons (Fsp3) is 0.545. The minimum atomic E-state index is 0.113. The molecule has 0 atom stereocenters. The third kappa shape index (κ3) is 2.10. The van der Waals surface area contributed by atoms with Gasteiger partial charge in [-0.25, -0.2) is 0 Å². The maximum absolute atomic E-state index is 11.7. The molecule has 0 aromatic carbocycles. The van der Waals surface area contributed by atoms with Crippen LogP contribution in [0.2, 0.25) is 5.02 Å². The van der Waals surface area contributed by atoms with Gasteiger partial charge in [-0.15, -0.1) is 11.3 Å². The number of hydrogen-bond donors (Lipinski definition) is 1. The van der Waals surface area contributed by atoms with E-state index in [1.807, 2.05) is 0 Å². The molecule has 1 aromatic heterocycles. The van der Waals surface area contributed by atoms with Crippen LogP contribution in [0.3, 0.4) is 0 Å². The van der Waals surface area contributed by atoms with Gasteiger partial charge in [-0.3, -0.25) is 4.79 Å². The Morgan fingerprint density at radius 1 is 1.47 bits per heavy atom. The number of Topliss-reactive ketones (excluding diaryl/α,β-unsaturated/α-hetero) is 1. The molecule has 1 heterocycles. The van der Waals surface area contributed by atoms with Gasteiger partial charge in [0.2, 0.25) is 0 Å². The van der Waals surface area contributed by atoms with Gasteiger partial charge in [-0.05, 0) is 38.3 Å². The lowest BCUT2D eigenvalue weighted by molar-refractivity contribution is 0.0997. The van der Waals surface area contributed by atoms with Gasteiger partial charge < -0.3 is 5.32 Å². The highest BCUT2D eigenvalue weighted by atomic mass is 35.5. The van der Waals surface area contributed by atoms with Crippen molar-refractivity contribution in [3.05, 3.63) is 20.3 Å². The number of nitrogens with one attached hydrogen (secondary N) is 1. The van der Waals surface area contributed by atoms with E-state index in [1.54, 1.807) is 18.4 Å². The Bertz CT molecular complexity index is 386. The van der Waals surface area contributed by atoms with Gasteiger partial charge in [0.25, 0.3) is 0 Å². The maximum Gasteiger partial charge on any atom is 0.188 e. The van der Waals surface area contributed by atoms with Crippen LogP contribution in [0.4, 0.5) is 0 Å². The zero-order valence-corrected chi connectivity index (χ0v) is 10.3. The highest BCUT2D eigenvalue weighted by Crippen LogP contribution is 2.37. The van der Waals surface area contributed by atoms with E-state index in [0.29, 0.717) is 6.54 Å². The molecule has 82 valence electrons. The molecule has 1 aromatic rings. The van der Waals surface area contributed by atoms with Crippen molar-refractivity contribution in [2.45, 2.75) is 25.7 Å². The Morgan fingerprint density at radius 3 is 2.87 bits per heavy atom. The van der Waals surface area contributed by atoms with Crippen molar-refractivity contribution >= 4 is 28.7 Å². The number of rotatable bonds is 3. The van der Waals surface area contributed by atoms with E-state index in [9.17, 15) is 4.79 Å². The van der Waals surface area contributed by atoms with Crippen molar-refractivity contribution in [2.75, 3.05) is 13.6 Å². The summed E-state index contributed by atoms with van der Waals surface area (Å²) in [5, 5.41) is 3.59. The van der Waals surface area contributed by atoms with Gasteiger partial charge in [-0.1, -0.05) is 11.6 Å². The average molecular weight is 244 g/mol. The molecule has 0 unspecified atom stereocenters. The van der Waals surface area contributed by atoms with Crippen molar-refractivity contribution in [3.8, 4) is 0 Å². The Hall–Kier alpha value is -0.380. The van der Waals surface area contributed by atoms with Gasteiger partial charge in [0.05, 0.1) is 16.4 Å². The van der Waals surface area contributed by atoms with Crippen LogP contribution in [0.15, 0.2) is 0 Å². The number of fused-ring (bicyclic) bond motifs is 1. The number of ketones is 1. The van der Waals surface area contributed by atoms with Crippen LogP contribution in [0.25, 0.3) is 0 Å². The summed E-state index contributed by atoms with van der Waals surface area (Å²) < 4.78 is 0. The molecule has 0 fully saturated rings. The normalized spacial score (nSPS) is 15.1. The number of thiophene rings is 1. The van der Waals surface area contributed by atoms with E-state index in [2.05, 4.69) is 5.32 Å². The third-order valence-corrected chi connectivity index (χ3v) is 4.56. The number of carbonyl (C=O) groups is 1. The van der Waals surface area contributed by atoms with Crippen LogP contribution >= 0.6 is 22.9 Å². The summed E-state index contributed by atoms with van der Waals surface area (Å²) in [6.07, 6.45) is 4.55. The topological polar surface area (TPSA) is 29.1 Å². The maximum atomic E-state index is 11.7. The van der Waals surface area contributed by atoms with Crippen LogP contribution in [0.5, 0.6) is 0 Å². The van der Waals surface area contributed by atoms with E-state index >= 15 is 0 Å². The molecule has 4 heteroatoms. The first-order valence-corrected chi connectivity index (χ1v) is 6.41. The second kappa shape index (κ2) is 4.64.